The van der Waals surface area contributed by atoms with Crippen LogP contribution >= 0.6 is 0 Å². The van der Waals surface area contributed by atoms with Gasteiger partial charge in [0.05, 0.1) is 6.54 Å². The summed E-state index contributed by atoms with van der Waals surface area (Å²) in [7, 11) is 1.55. The van der Waals surface area contributed by atoms with Gasteiger partial charge < -0.3 is 33.6 Å². The third-order valence-corrected chi connectivity index (χ3v) is 4.92. The molecule has 13 nitrogen and oxygen atoms in total. The van der Waals surface area contributed by atoms with Crippen LogP contribution in [0.3, 0.4) is 0 Å². The van der Waals surface area contributed by atoms with E-state index in [0.717, 1.165) is 0 Å². The van der Waals surface area contributed by atoms with Gasteiger partial charge in [-0.3, -0.25) is 25.2 Å². The number of urea groups is 1. The first kappa shape index (κ1) is 25.1. The molecule has 0 aliphatic carbocycles. The number of unbranched alkanes of at least 4 members (excludes halogenated alkanes) is 1. The Morgan fingerprint density at radius 2 is 2.00 bits per heavy atom. The molecule has 0 spiro atoms. The number of nitrogens with two attached hydrogens (primary N) is 5. The molecular formula is C17H34N10O3. The lowest BCUT2D eigenvalue weighted by molar-refractivity contribution is -0.146. The summed E-state index contributed by atoms with van der Waals surface area (Å²) in [6.07, 6.45) is 2.92. The van der Waals surface area contributed by atoms with Crippen molar-refractivity contribution in [1.82, 2.24) is 15.5 Å². The zero-order chi connectivity index (χ0) is 22.7. The molecule has 0 saturated carbocycles. The highest BCUT2D eigenvalue weighted by Crippen LogP contribution is 2.26. The van der Waals surface area contributed by atoms with Crippen LogP contribution in [0.1, 0.15) is 38.5 Å². The van der Waals surface area contributed by atoms with Crippen LogP contribution in [-0.2, 0) is 9.59 Å². The van der Waals surface area contributed by atoms with E-state index in [1.807, 2.05) is 0 Å². The monoisotopic (exact) mass is 426 g/mol. The maximum atomic E-state index is 12.9. The number of hydrogen-bond donors (Lipinski definition) is 7. The Hall–Kier alpha value is -2.93. The lowest BCUT2D eigenvalue weighted by atomic mass is 9.88. The lowest BCUT2D eigenvalue weighted by Gasteiger charge is -2.42. The first-order valence-corrected chi connectivity index (χ1v) is 9.82. The molecule has 4 amide bonds. The van der Waals surface area contributed by atoms with Crippen molar-refractivity contribution in [1.29, 1.82) is 0 Å². The van der Waals surface area contributed by atoms with Crippen LogP contribution in [0.5, 0.6) is 0 Å². The molecule has 170 valence electrons. The van der Waals surface area contributed by atoms with Crippen LogP contribution < -0.4 is 39.3 Å². The predicted octanol–water partition coefficient (Wildman–Crippen LogP) is -2.76. The van der Waals surface area contributed by atoms with Crippen molar-refractivity contribution in [3.05, 3.63) is 0 Å². The standard InChI is InChI=1S/C17H34N10O3/c1-27(12(28)9-11(19)5-4-8-23-14(20)21)17(6-2-3-7-18)10-24-16(25-13(17)29)26-15(22)30/h11H,2-10,18-19H2,1H3,(H4,20,21,23)(H4,22,24,25,26,29,30)/t11-,17+/m1/s1. The van der Waals surface area contributed by atoms with Crippen molar-refractivity contribution in [3.63, 3.8) is 0 Å². The minimum absolute atomic E-state index is 0.00728. The maximum Gasteiger partial charge on any atom is 0.318 e. The Bertz CT molecular complexity index is 677. The van der Waals surface area contributed by atoms with E-state index in [-0.39, 0.29) is 30.8 Å². The Balaban J connectivity index is 2.85. The van der Waals surface area contributed by atoms with Gasteiger partial charge in [-0.25, -0.2) is 9.79 Å². The van der Waals surface area contributed by atoms with Crippen molar-refractivity contribution >= 4 is 29.8 Å². The van der Waals surface area contributed by atoms with Gasteiger partial charge in [0, 0.05) is 26.1 Å². The highest BCUT2D eigenvalue weighted by atomic mass is 16.2. The third-order valence-electron chi connectivity index (χ3n) is 4.92. The van der Waals surface area contributed by atoms with E-state index in [1.54, 1.807) is 7.05 Å². The second-order valence-corrected chi connectivity index (χ2v) is 7.25. The Morgan fingerprint density at radius 1 is 1.30 bits per heavy atom. The average molecular weight is 427 g/mol. The minimum Gasteiger partial charge on any atom is -0.370 e. The molecular weight excluding hydrogens is 392 g/mol. The van der Waals surface area contributed by atoms with Gasteiger partial charge in [0.2, 0.25) is 11.9 Å². The molecule has 1 aliphatic rings. The molecule has 0 saturated heterocycles. The molecule has 1 rings (SSSR count). The van der Waals surface area contributed by atoms with E-state index < -0.39 is 23.5 Å². The van der Waals surface area contributed by atoms with E-state index in [9.17, 15) is 14.4 Å². The van der Waals surface area contributed by atoms with E-state index in [1.165, 1.54) is 4.90 Å². The highest BCUT2D eigenvalue weighted by molar-refractivity contribution is 6.09. The Kier molecular flexibility index (Phi) is 9.98. The smallest absolute Gasteiger partial charge is 0.318 e. The second kappa shape index (κ2) is 11.9. The fourth-order valence-corrected chi connectivity index (χ4v) is 3.18. The zero-order valence-corrected chi connectivity index (χ0v) is 17.4. The molecule has 0 fully saturated rings. The molecule has 0 aromatic rings. The average Bonchev–Trinajstić information content (AvgIpc) is 2.66. The van der Waals surface area contributed by atoms with Crippen LogP contribution in [0, 0.1) is 0 Å². The van der Waals surface area contributed by atoms with Gasteiger partial charge in [0.1, 0.15) is 5.54 Å². The largest absolute Gasteiger partial charge is 0.370 e. The van der Waals surface area contributed by atoms with Crippen molar-refractivity contribution in [2.45, 2.75) is 50.1 Å². The van der Waals surface area contributed by atoms with Gasteiger partial charge in [-0.1, -0.05) is 0 Å². The molecule has 30 heavy (non-hydrogen) atoms. The number of nitrogens with one attached hydrogen (secondary N) is 2. The van der Waals surface area contributed by atoms with Crippen molar-refractivity contribution < 1.29 is 14.4 Å². The number of guanidine groups is 2. The van der Waals surface area contributed by atoms with Crippen molar-refractivity contribution in [3.8, 4) is 0 Å². The molecule has 1 aliphatic heterocycles. The molecule has 13 heteroatoms. The number of amides is 4. The lowest BCUT2D eigenvalue weighted by Crippen LogP contribution is -2.66. The van der Waals surface area contributed by atoms with E-state index in [0.29, 0.717) is 45.2 Å². The minimum atomic E-state index is -1.20. The number of carbonyl (C=O) groups is 3. The van der Waals surface area contributed by atoms with Crippen LogP contribution in [0.2, 0.25) is 0 Å². The van der Waals surface area contributed by atoms with Crippen LogP contribution in [0.15, 0.2) is 9.98 Å². The van der Waals surface area contributed by atoms with Gasteiger partial charge in [0.15, 0.2) is 5.96 Å². The maximum absolute atomic E-state index is 12.9. The highest BCUT2D eigenvalue weighted by Gasteiger charge is 2.46. The van der Waals surface area contributed by atoms with Crippen molar-refractivity contribution in [2.24, 2.45) is 38.7 Å². The summed E-state index contributed by atoms with van der Waals surface area (Å²) in [5, 5.41) is 4.75. The molecule has 0 aromatic heterocycles. The molecule has 12 N–H and O–H groups in total. The quantitative estimate of drug-likeness (QED) is 0.104. The van der Waals surface area contributed by atoms with Crippen LogP contribution in [0.4, 0.5) is 4.79 Å². The van der Waals surface area contributed by atoms with Gasteiger partial charge in [-0.05, 0) is 38.6 Å². The van der Waals surface area contributed by atoms with Gasteiger partial charge in [-0.15, -0.1) is 0 Å². The Labute approximate surface area is 175 Å². The number of aliphatic imine (C=N–C) groups is 2. The fourth-order valence-electron chi connectivity index (χ4n) is 3.18. The summed E-state index contributed by atoms with van der Waals surface area (Å²) in [6.45, 7) is 0.880. The second-order valence-electron chi connectivity index (χ2n) is 7.25. The van der Waals surface area contributed by atoms with Crippen LogP contribution in [0.25, 0.3) is 0 Å². The number of hydrogen-bond acceptors (Lipinski definition) is 7. The summed E-state index contributed by atoms with van der Waals surface area (Å²) < 4.78 is 0. The number of likely N-dealkylation sites (N-methyl/N-ethyl adjacent to an activating group) is 1. The SMILES string of the molecule is CN(C(=O)C[C@H](N)CCCN=C(N)N)[C@@]1(CCCCN)CN=C(NC(N)=O)NC1=O. The molecule has 2 atom stereocenters. The first-order valence-electron chi connectivity index (χ1n) is 9.82. The van der Waals surface area contributed by atoms with E-state index in [2.05, 4.69) is 20.6 Å². The summed E-state index contributed by atoms with van der Waals surface area (Å²) in [5.74, 6) is -0.767. The topological polar surface area (TPSA) is 233 Å². The predicted molar refractivity (Wildman–Crippen MR) is 114 cm³/mol. The summed E-state index contributed by atoms with van der Waals surface area (Å²) in [6, 6.07) is -1.25. The number of rotatable bonds is 11. The molecule has 0 radical (unpaired) electrons. The van der Waals surface area contributed by atoms with E-state index in [4.69, 9.17) is 28.7 Å². The Morgan fingerprint density at radius 3 is 2.57 bits per heavy atom. The van der Waals surface area contributed by atoms with E-state index >= 15 is 0 Å². The number of nitrogens with zero attached hydrogens (tertiary/aromatic N) is 3. The summed E-state index contributed by atoms with van der Waals surface area (Å²) in [4.78, 5) is 46.3. The molecule has 0 aromatic carbocycles. The first-order chi connectivity index (χ1) is 14.1. The van der Waals surface area contributed by atoms with Crippen LogP contribution in [-0.4, -0.2) is 72.9 Å². The van der Waals surface area contributed by atoms with Gasteiger partial charge >= 0.3 is 6.03 Å². The molecule has 0 bridgehead atoms. The van der Waals surface area contributed by atoms with Crippen molar-refractivity contribution in [2.75, 3.05) is 26.7 Å². The summed E-state index contributed by atoms with van der Waals surface area (Å²) >= 11 is 0. The molecule has 1 heterocycles. The summed E-state index contributed by atoms with van der Waals surface area (Å²) in [5.41, 5.74) is 26.1. The van der Waals surface area contributed by atoms with Gasteiger partial charge in [0.25, 0.3) is 5.91 Å². The molecule has 0 unspecified atom stereocenters. The number of carbonyl (C=O) groups excluding carboxylic acids is 3. The number of primary amides is 1. The fraction of sp³-hybridized carbons (Fsp3) is 0.706. The third kappa shape index (κ3) is 7.48. The normalized spacial score (nSPS) is 19.3. The van der Waals surface area contributed by atoms with Gasteiger partial charge in [-0.2, -0.15) is 0 Å². The zero-order valence-electron chi connectivity index (χ0n) is 17.4.